The summed E-state index contributed by atoms with van der Waals surface area (Å²) in [6.45, 7) is 4.37. The first kappa shape index (κ1) is 9.01. The van der Waals surface area contributed by atoms with Gasteiger partial charge in [0.25, 0.3) is 0 Å². The minimum atomic E-state index is -0.0521. The maximum absolute atomic E-state index is 9.55. The minimum Gasteiger partial charge on any atom is -0.393 e. The molecule has 1 heterocycles. The van der Waals surface area contributed by atoms with Gasteiger partial charge in [-0.25, -0.2) is 0 Å². The Kier molecular flexibility index (Phi) is 3.34. The number of hydrogen-bond acceptors (Lipinski definition) is 2. The molecular weight excluding hydrogens is 138 g/mol. The van der Waals surface area contributed by atoms with E-state index in [2.05, 4.69) is 18.9 Å². The number of hydrogen-bond donors (Lipinski definition) is 1. The topological polar surface area (TPSA) is 23.5 Å². The first-order valence-electron chi connectivity index (χ1n) is 4.60. The summed E-state index contributed by atoms with van der Waals surface area (Å²) in [4.78, 5) is 2.33. The number of aliphatic hydroxyl groups is 1. The molecule has 1 saturated heterocycles. The van der Waals surface area contributed by atoms with E-state index in [1.165, 1.54) is 12.8 Å². The smallest absolute Gasteiger partial charge is 0.0566 e. The van der Waals surface area contributed by atoms with Crippen molar-refractivity contribution < 1.29 is 5.11 Å². The Morgan fingerprint density at radius 3 is 2.45 bits per heavy atom. The number of aliphatic hydroxyl groups excluding tert-OH is 1. The van der Waals surface area contributed by atoms with Crippen molar-refractivity contribution in [3.63, 3.8) is 0 Å². The highest BCUT2D eigenvalue weighted by molar-refractivity contribution is 4.74. The molecule has 0 saturated carbocycles. The third-order valence-electron chi connectivity index (χ3n) is 2.73. The second-order valence-electron chi connectivity index (χ2n) is 3.62. The molecule has 0 radical (unpaired) electrons. The number of nitrogens with zero attached hydrogens (tertiary/aromatic N) is 1. The molecule has 2 heteroatoms. The summed E-state index contributed by atoms with van der Waals surface area (Å²) < 4.78 is 0. The van der Waals surface area contributed by atoms with Crippen molar-refractivity contribution in [1.29, 1.82) is 0 Å². The van der Waals surface area contributed by atoms with E-state index in [4.69, 9.17) is 0 Å². The molecule has 1 aliphatic heterocycles. The van der Waals surface area contributed by atoms with Gasteiger partial charge in [-0.3, -0.25) is 0 Å². The van der Waals surface area contributed by atoms with E-state index in [-0.39, 0.29) is 6.10 Å². The predicted octanol–water partition coefficient (Wildman–Crippen LogP) is 1.10. The standard InChI is InChI=1S/C9H19NO/c1-3-9(11)8-4-6-10(2)7-5-8/h8-9,11H,3-7H2,1-2H3. The van der Waals surface area contributed by atoms with Crippen molar-refractivity contribution in [2.45, 2.75) is 32.3 Å². The summed E-state index contributed by atoms with van der Waals surface area (Å²) in [5.41, 5.74) is 0. The molecule has 0 aliphatic carbocycles. The van der Waals surface area contributed by atoms with Crippen LogP contribution in [0.2, 0.25) is 0 Å². The zero-order chi connectivity index (χ0) is 8.27. The average Bonchev–Trinajstić information content (AvgIpc) is 2.05. The van der Waals surface area contributed by atoms with Gasteiger partial charge in [-0.15, -0.1) is 0 Å². The van der Waals surface area contributed by atoms with Gasteiger partial charge in [0.2, 0.25) is 0 Å². The lowest BCUT2D eigenvalue weighted by molar-refractivity contribution is 0.0635. The summed E-state index contributed by atoms with van der Waals surface area (Å²) in [7, 11) is 2.15. The summed E-state index contributed by atoms with van der Waals surface area (Å²) in [5, 5.41) is 9.55. The number of piperidine rings is 1. The molecule has 0 aromatic carbocycles. The van der Waals surface area contributed by atoms with E-state index >= 15 is 0 Å². The van der Waals surface area contributed by atoms with Crippen LogP contribution in [0.15, 0.2) is 0 Å². The molecule has 0 amide bonds. The fourth-order valence-electron chi connectivity index (χ4n) is 1.75. The van der Waals surface area contributed by atoms with Gasteiger partial charge in [-0.2, -0.15) is 0 Å². The quantitative estimate of drug-likeness (QED) is 0.649. The van der Waals surface area contributed by atoms with Crippen LogP contribution in [0, 0.1) is 5.92 Å². The van der Waals surface area contributed by atoms with Gasteiger partial charge in [0.05, 0.1) is 6.10 Å². The molecule has 1 N–H and O–H groups in total. The van der Waals surface area contributed by atoms with Gasteiger partial charge in [0.1, 0.15) is 0 Å². The Hall–Kier alpha value is -0.0800. The van der Waals surface area contributed by atoms with Crippen LogP contribution < -0.4 is 0 Å². The Bertz CT molecular complexity index is 108. The molecule has 66 valence electrons. The van der Waals surface area contributed by atoms with Crippen molar-refractivity contribution in [1.82, 2.24) is 4.90 Å². The lowest BCUT2D eigenvalue weighted by Crippen LogP contribution is -2.35. The molecule has 1 fully saturated rings. The fourth-order valence-corrected chi connectivity index (χ4v) is 1.75. The van der Waals surface area contributed by atoms with E-state index in [1.807, 2.05) is 0 Å². The van der Waals surface area contributed by atoms with E-state index in [0.29, 0.717) is 5.92 Å². The summed E-state index contributed by atoms with van der Waals surface area (Å²) in [6.07, 6.45) is 3.20. The van der Waals surface area contributed by atoms with Crippen molar-refractivity contribution in [3.05, 3.63) is 0 Å². The Labute approximate surface area is 69.2 Å². The molecule has 0 aromatic rings. The predicted molar refractivity (Wildman–Crippen MR) is 46.5 cm³/mol. The first-order chi connectivity index (χ1) is 5.24. The van der Waals surface area contributed by atoms with Gasteiger partial charge in [0.15, 0.2) is 0 Å². The largest absolute Gasteiger partial charge is 0.393 e. The molecule has 0 bridgehead atoms. The van der Waals surface area contributed by atoms with Crippen LogP contribution in [0.3, 0.4) is 0 Å². The molecule has 1 unspecified atom stereocenters. The Morgan fingerprint density at radius 2 is 2.00 bits per heavy atom. The maximum atomic E-state index is 9.55. The second-order valence-corrected chi connectivity index (χ2v) is 3.62. The van der Waals surface area contributed by atoms with E-state index in [1.54, 1.807) is 0 Å². The fraction of sp³-hybridized carbons (Fsp3) is 1.00. The SMILES string of the molecule is CCC(O)C1CCN(C)CC1. The number of likely N-dealkylation sites (tertiary alicyclic amines) is 1. The molecule has 1 atom stereocenters. The molecule has 1 rings (SSSR count). The van der Waals surface area contributed by atoms with Crippen molar-refractivity contribution in [3.8, 4) is 0 Å². The number of rotatable bonds is 2. The summed E-state index contributed by atoms with van der Waals surface area (Å²) >= 11 is 0. The first-order valence-corrected chi connectivity index (χ1v) is 4.60. The Morgan fingerprint density at radius 1 is 1.45 bits per heavy atom. The lowest BCUT2D eigenvalue weighted by Gasteiger charge is -2.31. The van der Waals surface area contributed by atoms with Crippen molar-refractivity contribution >= 4 is 0 Å². The maximum Gasteiger partial charge on any atom is 0.0566 e. The molecule has 11 heavy (non-hydrogen) atoms. The van der Waals surface area contributed by atoms with Crippen LogP contribution in [0.25, 0.3) is 0 Å². The van der Waals surface area contributed by atoms with Gasteiger partial charge in [-0.05, 0) is 45.3 Å². The van der Waals surface area contributed by atoms with Crippen LogP contribution in [0.4, 0.5) is 0 Å². The third-order valence-corrected chi connectivity index (χ3v) is 2.73. The highest BCUT2D eigenvalue weighted by Gasteiger charge is 2.21. The normalized spacial score (nSPS) is 25.4. The van der Waals surface area contributed by atoms with Gasteiger partial charge in [0, 0.05) is 0 Å². The van der Waals surface area contributed by atoms with Gasteiger partial charge < -0.3 is 10.0 Å². The highest BCUT2D eigenvalue weighted by atomic mass is 16.3. The molecule has 0 spiro atoms. The monoisotopic (exact) mass is 157 g/mol. The molecule has 2 nitrogen and oxygen atoms in total. The van der Waals surface area contributed by atoms with Crippen molar-refractivity contribution in [2.24, 2.45) is 5.92 Å². The summed E-state index contributed by atoms with van der Waals surface area (Å²) in [5.74, 6) is 0.566. The highest BCUT2D eigenvalue weighted by Crippen LogP contribution is 2.20. The van der Waals surface area contributed by atoms with Crippen LogP contribution in [0.5, 0.6) is 0 Å². The van der Waals surface area contributed by atoms with E-state index in [9.17, 15) is 5.11 Å². The van der Waals surface area contributed by atoms with E-state index in [0.717, 1.165) is 19.5 Å². The third kappa shape index (κ3) is 2.46. The lowest BCUT2D eigenvalue weighted by atomic mass is 9.90. The van der Waals surface area contributed by atoms with Crippen LogP contribution >= 0.6 is 0 Å². The molecule has 1 aliphatic rings. The Balaban J connectivity index is 2.27. The second kappa shape index (κ2) is 4.07. The van der Waals surface area contributed by atoms with E-state index < -0.39 is 0 Å². The van der Waals surface area contributed by atoms with Crippen LogP contribution in [0.1, 0.15) is 26.2 Å². The van der Waals surface area contributed by atoms with Crippen LogP contribution in [-0.2, 0) is 0 Å². The summed E-state index contributed by atoms with van der Waals surface area (Å²) in [6, 6.07) is 0. The van der Waals surface area contributed by atoms with Gasteiger partial charge in [-0.1, -0.05) is 6.92 Å². The molecular formula is C9H19NO. The average molecular weight is 157 g/mol. The van der Waals surface area contributed by atoms with Crippen molar-refractivity contribution in [2.75, 3.05) is 20.1 Å². The minimum absolute atomic E-state index is 0.0521. The zero-order valence-corrected chi connectivity index (χ0v) is 7.58. The zero-order valence-electron chi connectivity index (χ0n) is 7.58. The van der Waals surface area contributed by atoms with Gasteiger partial charge >= 0.3 is 0 Å². The van der Waals surface area contributed by atoms with Crippen LogP contribution in [-0.4, -0.2) is 36.2 Å². The molecule has 0 aromatic heterocycles.